The van der Waals surface area contributed by atoms with E-state index in [1.807, 2.05) is 19.9 Å². The standard InChI is InChI=1S/C32H42O7/c1-17-14-25(34)28(38-29(17)36)18(2)24-16-26(37-19(3)33)32(7)23-10-9-22-20(8-11-27(35)39-30(22,4)5)15-21(23)12-13-31(24,32)6/h8,11,14-15,18,22,24-26,28,34H,9-10,12-13,16H2,1-7H3/t18-,22+,24+,25-,26+,28+,31+,32+/m0/s1. The van der Waals surface area contributed by atoms with Crippen LogP contribution in [0.4, 0.5) is 0 Å². The molecule has 212 valence electrons. The molecule has 5 rings (SSSR count). The van der Waals surface area contributed by atoms with E-state index in [2.05, 4.69) is 26.8 Å². The highest BCUT2D eigenvalue weighted by Gasteiger charge is 2.66. The number of carbonyl (C=O) groups is 3. The molecule has 0 aromatic heterocycles. The highest BCUT2D eigenvalue weighted by Crippen LogP contribution is 2.69. The van der Waals surface area contributed by atoms with Gasteiger partial charge in [0.15, 0.2) is 0 Å². The zero-order chi connectivity index (χ0) is 28.5. The Morgan fingerprint density at radius 1 is 1.15 bits per heavy atom. The van der Waals surface area contributed by atoms with Crippen molar-refractivity contribution < 1.29 is 33.7 Å². The van der Waals surface area contributed by atoms with Crippen LogP contribution in [0.25, 0.3) is 0 Å². The first kappa shape index (κ1) is 27.9. The molecule has 2 heterocycles. The average molecular weight is 539 g/mol. The molecule has 0 saturated heterocycles. The lowest BCUT2D eigenvalue weighted by Gasteiger charge is -2.53. The number of cyclic esters (lactones) is 2. The third-order valence-corrected chi connectivity index (χ3v) is 10.9. The normalized spacial score (nSPS) is 40.1. The van der Waals surface area contributed by atoms with Gasteiger partial charge >= 0.3 is 17.9 Å². The van der Waals surface area contributed by atoms with Crippen molar-refractivity contribution >= 4 is 17.9 Å². The number of rotatable bonds is 3. The molecule has 1 saturated carbocycles. The summed E-state index contributed by atoms with van der Waals surface area (Å²) in [7, 11) is 0. The highest BCUT2D eigenvalue weighted by atomic mass is 16.6. The lowest BCUT2D eigenvalue weighted by atomic mass is 9.52. The molecule has 7 heteroatoms. The van der Waals surface area contributed by atoms with Crippen molar-refractivity contribution in [2.45, 2.75) is 104 Å². The summed E-state index contributed by atoms with van der Waals surface area (Å²) in [6.45, 7) is 13.7. The van der Waals surface area contributed by atoms with Crippen LogP contribution in [0.15, 0.2) is 46.6 Å². The number of ether oxygens (including phenoxy) is 3. The van der Waals surface area contributed by atoms with Crippen LogP contribution in [0.5, 0.6) is 0 Å². The van der Waals surface area contributed by atoms with Crippen LogP contribution in [0.1, 0.15) is 80.6 Å². The lowest BCUT2D eigenvalue weighted by molar-refractivity contribution is -0.159. The fourth-order valence-corrected chi connectivity index (χ4v) is 8.63. The molecule has 0 radical (unpaired) electrons. The van der Waals surface area contributed by atoms with Crippen molar-refractivity contribution in [3.63, 3.8) is 0 Å². The molecule has 1 N–H and O–H groups in total. The smallest absolute Gasteiger partial charge is 0.333 e. The molecular formula is C32H42O7. The van der Waals surface area contributed by atoms with E-state index in [-0.39, 0.29) is 41.2 Å². The summed E-state index contributed by atoms with van der Waals surface area (Å²) in [4.78, 5) is 37.1. The van der Waals surface area contributed by atoms with Crippen molar-refractivity contribution in [2.24, 2.45) is 28.6 Å². The lowest BCUT2D eigenvalue weighted by Crippen LogP contribution is -2.50. The summed E-state index contributed by atoms with van der Waals surface area (Å²) in [5.41, 5.74) is 2.77. The van der Waals surface area contributed by atoms with Gasteiger partial charge in [0.2, 0.25) is 0 Å². The van der Waals surface area contributed by atoms with Crippen LogP contribution in [0.3, 0.4) is 0 Å². The van der Waals surface area contributed by atoms with E-state index in [0.717, 1.165) is 31.3 Å². The number of aliphatic hydroxyl groups excluding tert-OH is 1. The topological polar surface area (TPSA) is 99.1 Å². The Morgan fingerprint density at radius 2 is 1.87 bits per heavy atom. The third-order valence-electron chi connectivity index (χ3n) is 10.9. The first-order valence-electron chi connectivity index (χ1n) is 14.3. The quantitative estimate of drug-likeness (QED) is 0.392. The molecule has 0 bridgehead atoms. The highest BCUT2D eigenvalue weighted by molar-refractivity contribution is 5.89. The third kappa shape index (κ3) is 4.32. The first-order valence-corrected chi connectivity index (χ1v) is 14.3. The fraction of sp³-hybridized carbons (Fsp3) is 0.656. The Labute approximate surface area is 231 Å². The fourth-order valence-electron chi connectivity index (χ4n) is 8.63. The van der Waals surface area contributed by atoms with Crippen LogP contribution in [0.2, 0.25) is 0 Å². The zero-order valence-corrected chi connectivity index (χ0v) is 24.2. The maximum Gasteiger partial charge on any atom is 0.333 e. The largest absolute Gasteiger partial charge is 0.462 e. The molecular weight excluding hydrogens is 496 g/mol. The number of hydrogen-bond donors (Lipinski definition) is 1. The Balaban J connectivity index is 1.57. The molecule has 8 atom stereocenters. The molecule has 0 aromatic carbocycles. The minimum Gasteiger partial charge on any atom is -0.462 e. The maximum absolute atomic E-state index is 12.4. The summed E-state index contributed by atoms with van der Waals surface area (Å²) >= 11 is 0. The second-order valence-electron chi connectivity index (χ2n) is 13.2. The Kier molecular flexibility index (Phi) is 6.77. The minimum absolute atomic E-state index is 0.0516. The van der Waals surface area contributed by atoms with Gasteiger partial charge < -0.3 is 19.3 Å². The molecule has 3 aliphatic carbocycles. The van der Waals surface area contributed by atoms with E-state index < -0.39 is 29.2 Å². The number of hydrogen-bond acceptors (Lipinski definition) is 7. The van der Waals surface area contributed by atoms with E-state index in [4.69, 9.17) is 14.2 Å². The predicted molar refractivity (Wildman–Crippen MR) is 145 cm³/mol. The molecule has 1 fully saturated rings. The van der Waals surface area contributed by atoms with E-state index >= 15 is 0 Å². The summed E-state index contributed by atoms with van der Waals surface area (Å²) in [5, 5.41) is 10.9. The van der Waals surface area contributed by atoms with Crippen LogP contribution in [-0.4, -0.2) is 46.9 Å². The van der Waals surface area contributed by atoms with Crippen molar-refractivity contribution in [3.05, 3.63) is 46.6 Å². The van der Waals surface area contributed by atoms with Crippen LogP contribution >= 0.6 is 0 Å². The summed E-state index contributed by atoms with van der Waals surface area (Å²) in [5.74, 6) is -1.05. The molecule has 2 aliphatic heterocycles. The van der Waals surface area contributed by atoms with Crippen molar-refractivity contribution in [2.75, 3.05) is 0 Å². The van der Waals surface area contributed by atoms with Gasteiger partial charge in [-0.3, -0.25) is 4.79 Å². The van der Waals surface area contributed by atoms with Crippen LogP contribution < -0.4 is 0 Å². The molecule has 0 aromatic rings. The van der Waals surface area contributed by atoms with Gasteiger partial charge in [-0.05, 0) is 87.3 Å². The molecule has 0 unspecified atom stereocenters. The van der Waals surface area contributed by atoms with Gasteiger partial charge in [-0.25, -0.2) is 9.59 Å². The van der Waals surface area contributed by atoms with Gasteiger partial charge in [-0.1, -0.05) is 38.5 Å². The average Bonchev–Trinajstić information content (AvgIpc) is 2.96. The van der Waals surface area contributed by atoms with Gasteiger partial charge in [0.05, 0.1) is 0 Å². The molecule has 0 spiro atoms. The number of fused-ring (bicyclic) bond motifs is 3. The second kappa shape index (κ2) is 9.46. The van der Waals surface area contributed by atoms with Crippen LogP contribution in [0, 0.1) is 28.6 Å². The Bertz CT molecular complexity index is 1220. The van der Waals surface area contributed by atoms with E-state index in [1.165, 1.54) is 24.1 Å². The Hall–Kier alpha value is -2.67. The summed E-state index contributed by atoms with van der Waals surface area (Å²) in [6, 6.07) is 0. The van der Waals surface area contributed by atoms with Gasteiger partial charge in [-0.15, -0.1) is 0 Å². The maximum atomic E-state index is 12.4. The van der Waals surface area contributed by atoms with Crippen molar-refractivity contribution in [1.29, 1.82) is 0 Å². The van der Waals surface area contributed by atoms with E-state index in [0.29, 0.717) is 12.0 Å². The van der Waals surface area contributed by atoms with Gasteiger partial charge in [-0.2, -0.15) is 0 Å². The molecule has 0 amide bonds. The molecule has 39 heavy (non-hydrogen) atoms. The zero-order valence-electron chi connectivity index (χ0n) is 24.2. The number of allylic oxidation sites excluding steroid dienone is 3. The predicted octanol–water partition coefficient (Wildman–Crippen LogP) is 5.14. The number of aliphatic hydroxyl groups is 1. The van der Waals surface area contributed by atoms with Gasteiger partial charge in [0.25, 0.3) is 0 Å². The first-order chi connectivity index (χ1) is 18.2. The number of carbonyl (C=O) groups excluding carboxylic acids is 3. The SMILES string of the molecule is CC(=O)O[C@@H]1C[C@H]([C@H](C)[C@H]2OC(=O)C(C)=C[C@@H]2O)[C@@]2(C)CCC3=C(CC[C@@H]4C(=C3)C=CC(=O)OC4(C)C)[C@]12C. The van der Waals surface area contributed by atoms with Crippen LogP contribution in [-0.2, 0) is 28.6 Å². The van der Waals surface area contributed by atoms with Gasteiger partial charge in [0.1, 0.15) is 23.9 Å². The van der Waals surface area contributed by atoms with E-state index in [9.17, 15) is 19.5 Å². The van der Waals surface area contributed by atoms with Crippen molar-refractivity contribution in [1.82, 2.24) is 0 Å². The Morgan fingerprint density at radius 3 is 2.56 bits per heavy atom. The number of esters is 3. The monoisotopic (exact) mass is 538 g/mol. The van der Waals surface area contributed by atoms with Crippen molar-refractivity contribution in [3.8, 4) is 0 Å². The minimum atomic E-state index is -0.870. The summed E-state index contributed by atoms with van der Waals surface area (Å²) < 4.78 is 17.7. The van der Waals surface area contributed by atoms with E-state index in [1.54, 1.807) is 13.0 Å². The molecule has 7 nitrogen and oxygen atoms in total. The second-order valence-corrected chi connectivity index (χ2v) is 13.2. The summed E-state index contributed by atoms with van der Waals surface area (Å²) in [6.07, 6.45) is 9.41. The van der Waals surface area contributed by atoms with Gasteiger partial charge in [0, 0.05) is 29.9 Å². The molecule has 5 aliphatic rings.